The number of carboxylic acid groups (broad SMARTS) is 2. The molecule has 0 radical (unpaired) electrons. The van der Waals surface area contributed by atoms with E-state index in [-0.39, 0.29) is 21.7 Å². The SMILES string of the molecule is O=C(O)c1ccc([N+](=O)[O-])c(Sc2ccccc2C(=O)O)c1. The maximum atomic E-state index is 11.2. The monoisotopic (exact) mass is 319 g/mol. The first-order valence-electron chi connectivity index (χ1n) is 5.92. The molecule has 2 N–H and O–H groups in total. The van der Waals surface area contributed by atoms with Crippen LogP contribution in [0.3, 0.4) is 0 Å². The van der Waals surface area contributed by atoms with Gasteiger partial charge in [-0.05, 0) is 24.3 Å². The zero-order chi connectivity index (χ0) is 16.3. The molecule has 0 aliphatic heterocycles. The third kappa shape index (κ3) is 3.23. The first-order chi connectivity index (χ1) is 10.4. The van der Waals surface area contributed by atoms with Gasteiger partial charge in [0.25, 0.3) is 5.69 Å². The van der Waals surface area contributed by atoms with Crippen molar-refractivity contribution in [3.8, 4) is 0 Å². The summed E-state index contributed by atoms with van der Waals surface area (Å²) in [6, 6.07) is 9.40. The van der Waals surface area contributed by atoms with Gasteiger partial charge in [0.05, 0.1) is 20.9 Å². The van der Waals surface area contributed by atoms with Crippen molar-refractivity contribution in [2.45, 2.75) is 9.79 Å². The van der Waals surface area contributed by atoms with Gasteiger partial charge in [-0.3, -0.25) is 10.1 Å². The minimum Gasteiger partial charge on any atom is -0.478 e. The molecule has 0 unspecified atom stereocenters. The number of carboxylic acids is 2. The van der Waals surface area contributed by atoms with Gasteiger partial charge in [-0.1, -0.05) is 23.9 Å². The van der Waals surface area contributed by atoms with Gasteiger partial charge in [0.15, 0.2) is 0 Å². The third-order valence-electron chi connectivity index (χ3n) is 2.74. The molecular weight excluding hydrogens is 310 g/mol. The zero-order valence-corrected chi connectivity index (χ0v) is 11.7. The summed E-state index contributed by atoms with van der Waals surface area (Å²) in [5.74, 6) is -2.39. The molecule has 0 atom stereocenters. The van der Waals surface area contributed by atoms with Crippen LogP contribution >= 0.6 is 11.8 Å². The van der Waals surface area contributed by atoms with E-state index in [0.29, 0.717) is 4.90 Å². The van der Waals surface area contributed by atoms with Crippen LogP contribution in [0.15, 0.2) is 52.3 Å². The van der Waals surface area contributed by atoms with Crippen molar-refractivity contribution in [3.05, 3.63) is 63.7 Å². The Kier molecular flexibility index (Phi) is 4.42. The van der Waals surface area contributed by atoms with Crippen molar-refractivity contribution in [3.63, 3.8) is 0 Å². The highest BCUT2D eigenvalue weighted by molar-refractivity contribution is 7.99. The largest absolute Gasteiger partial charge is 0.478 e. The van der Waals surface area contributed by atoms with E-state index in [1.165, 1.54) is 18.2 Å². The molecule has 0 heterocycles. The topological polar surface area (TPSA) is 118 Å². The lowest BCUT2D eigenvalue weighted by Gasteiger charge is -2.07. The van der Waals surface area contributed by atoms with Crippen LogP contribution in [0.5, 0.6) is 0 Å². The number of carbonyl (C=O) groups is 2. The Morgan fingerprint density at radius 3 is 2.27 bits per heavy atom. The summed E-state index contributed by atoms with van der Waals surface area (Å²) < 4.78 is 0. The minimum absolute atomic E-state index is 0.0115. The normalized spacial score (nSPS) is 10.2. The van der Waals surface area contributed by atoms with Gasteiger partial charge in [0, 0.05) is 11.0 Å². The van der Waals surface area contributed by atoms with Crippen LogP contribution in [-0.4, -0.2) is 27.1 Å². The average Bonchev–Trinajstić information content (AvgIpc) is 2.47. The molecule has 112 valence electrons. The molecule has 0 saturated carbocycles. The number of hydrogen-bond donors (Lipinski definition) is 2. The summed E-state index contributed by atoms with van der Waals surface area (Å²) in [6.45, 7) is 0. The Bertz CT molecular complexity index is 774. The fourth-order valence-electron chi connectivity index (χ4n) is 1.73. The second-order valence-electron chi connectivity index (χ2n) is 4.15. The van der Waals surface area contributed by atoms with Crippen LogP contribution in [0.1, 0.15) is 20.7 Å². The molecule has 2 rings (SSSR count). The van der Waals surface area contributed by atoms with Crippen molar-refractivity contribution < 1.29 is 24.7 Å². The Hall–Kier alpha value is -2.87. The van der Waals surface area contributed by atoms with E-state index in [2.05, 4.69) is 0 Å². The summed E-state index contributed by atoms with van der Waals surface area (Å²) in [7, 11) is 0. The summed E-state index contributed by atoms with van der Waals surface area (Å²) in [5, 5.41) is 29.1. The minimum atomic E-state index is -1.22. The van der Waals surface area contributed by atoms with Crippen molar-refractivity contribution in [2.24, 2.45) is 0 Å². The second kappa shape index (κ2) is 6.27. The molecule has 0 saturated heterocycles. The van der Waals surface area contributed by atoms with E-state index < -0.39 is 16.9 Å². The first kappa shape index (κ1) is 15.5. The number of aromatic carboxylic acids is 2. The van der Waals surface area contributed by atoms with Gasteiger partial charge in [0.2, 0.25) is 0 Å². The van der Waals surface area contributed by atoms with Gasteiger partial charge in [0.1, 0.15) is 0 Å². The van der Waals surface area contributed by atoms with E-state index in [4.69, 9.17) is 10.2 Å². The smallest absolute Gasteiger partial charge is 0.336 e. The molecule has 0 amide bonds. The Morgan fingerprint density at radius 1 is 1.00 bits per heavy atom. The van der Waals surface area contributed by atoms with Gasteiger partial charge in [-0.25, -0.2) is 9.59 Å². The summed E-state index contributed by atoms with van der Waals surface area (Å²) >= 11 is 0.843. The lowest BCUT2D eigenvalue weighted by molar-refractivity contribution is -0.387. The third-order valence-corrected chi connectivity index (χ3v) is 3.86. The predicted molar refractivity (Wildman–Crippen MR) is 77.6 cm³/mol. The number of rotatable bonds is 5. The van der Waals surface area contributed by atoms with Crippen LogP contribution in [-0.2, 0) is 0 Å². The van der Waals surface area contributed by atoms with E-state index in [1.54, 1.807) is 6.07 Å². The van der Waals surface area contributed by atoms with E-state index in [9.17, 15) is 19.7 Å². The molecule has 8 heteroatoms. The molecule has 0 aromatic heterocycles. The van der Waals surface area contributed by atoms with Crippen molar-refractivity contribution in [2.75, 3.05) is 0 Å². The van der Waals surface area contributed by atoms with Gasteiger partial charge in [-0.2, -0.15) is 0 Å². The highest BCUT2D eigenvalue weighted by Gasteiger charge is 2.19. The lowest BCUT2D eigenvalue weighted by atomic mass is 10.2. The highest BCUT2D eigenvalue weighted by atomic mass is 32.2. The molecule has 0 fully saturated rings. The number of benzene rings is 2. The predicted octanol–water partition coefficient (Wildman–Crippen LogP) is 3.14. The summed E-state index contributed by atoms with van der Waals surface area (Å²) in [5.41, 5.74) is -0.404. The Balaban J connectivity index is 2.52. The van der Waals surface area contributed by atoms with Crippen molar-refractivity contribution >= 4 is 29.4 Å². The zero-order valence-electron chi connectivity index (χ0n) is 10.9. The molecule has 2 aromatic rings. The van der Waals surface area contributed by atoms with Crippen LogP contribution in [0.4, 0.5) is 5.69 Å². The van der Waals surface area contributed by atoms with Gasteiger partial charge in [-0.15, -0.1) is 0 Å². The average molecular weight is 319 g/mol. The lowest BCUT2D eigenvalue weighted by Crippen LogP contribution is -2.00. The molecule has 0 bridgehead atoms. The molecule has 0 aliphatic rings. The van der Waals surface area contributed by atoms with Gasteiger partial charge >= 0.3 is 11.9 Å². The fourth-order valence-corrected chi connectivity index (χ4v) is 2.81. The van der Waals surface area contributed by atoms with Crippen molar-refractivity contribution in [1.82, 2.24) is 0 Å². The van der Waals surface area contributed by atoms with Crippen LogP contribution < -0.4 is 0 Å². The van der Waals surface area contributed by atoms with E-state index in [0.717, 1.165) is 30.0 Å². The van der Waals surface area contributed by atoms with Crippen LogP contribution in [0.2, 0.25) is 0 Å². The van der Waals surface area contributed by atoms with E-state index in [1.807, 2.05) is 0 Å². The molecule has 7 nitrogen and oxygen atoms in total. The van der Waals surface area contributed by atoms with E-state index >= 15 is 0 Å². The number of hydrogen-bond acceptors (Lipinski definition) is 5. The number of nitro groups is 1. The maximum absolute atomic E-state index is 11.2. The number of nitro benzene ring substituents is 1. The number of nitrogens with zero attached hydrogens (tertiary/aromatic N) is 1. The maximum Gasteiger partial charge on any atom is 0.336 e. The van der Waals surface area contributed by atoms with Crippen molar-refractivity contribution in [1.29, 1.82) is 0 Å². The molecular formula is C14H9NO6S. The Morgan fingerprint density at radius 2 is 1.68 bits per heavy atom. The first-order valence-corrected chi connectivity index (χ1v) is 6.73. The molecule has 22 heavy (non-hydrogen) atoms. The van der Waals surface area contributed by atoms with Crippen LogP contribution in [0.25, 0.3) is 0 Å². The fraction of sp³-hybridized carbons (Fsp3) is 0. The Labute approximate surface area is 128 Å². The summed E-state index contributed by atoms with van der Waals surface area (Å²) in [4.78, 5) is 32.9. The quantitative estimate of drug-likeness (QED) is 0.642. The molecule has 0 aliphatic carbocycles. The standard InChI is InChI=1S/C14H9NO6S/c16-13(17)8-5-6-10(15(20)21)12(7-8)22-11-4-2-1-3-9(11)14(18)19/h1-7H,(H,16,17)(H,18,19). The molecule has 0 spiro atoms. The molecule has 2 aromatic carbocycles. The van der Waals surface area contributed by atoms with Gasteiger partial charge < -0.3 is 10.2 Å². The second-order valence-corrected chi connectivity index (χ2v) is 5.23. The summed E-state index contributed by atoms with van der Waals surface area (Å²) in [6.07, 6.45) is 0. The van der Waals surface area contributed by atoms with Crippen LogP contribution in [0, 0.1) is 10.1 Å². The highest BCUT2D eigenvalue weighted by Crippen LogP contribution is 2.37.